The van der Waals surface area contributed by atoms with Crippen LogP contribution in [0.1, 0.15) is 5.56 Å². The quantitative estimate of drug-likeness (QED) is 0.741. The van der Waals surface area contributed by atoms with Crippen LogP contribution >= 0.6 is 0 Å². The summed E-state index contributed by atoms with van der Waals surface area (Å²) in [6.45, 7) is 2.90. The van der Waals surface area contributed by atoms with E-state index in [0.29, 0.717) is 26.2 Å². The third-order valence-corrected chi connectivity index (χ3v) is 3.32. The molecular weight excluding hydrogens is 272 g/mol. The minimum atomic E-state index is -0.589. The molecule has 0 aromatic heterocycles. The Bertz CT molecular complexity index is 449. The highest BCUT2D eigenvalue weighted by atomic mass is 16.5. The molecule has 1 heterocycles. The molecular formula is C15H22N2O4. The number of aliphatic hydroxyl groups excluding tert-OH is 1. The van der Waals surface area contributed by atoms with Crippen molar-refractivity contribution < 1.29 is 19.4 Å². The number of rotatable bonds is 7. The molecule has 1 aliphatic rings. The number of hydrogen-bond acceptors (Lipinski definition) is 5. The van der Waals surface area contributed by atoms with Gasteiger partial charge in [-0.05, 0) is 17.7 Å². The topological polar surface area (TPSA) is 71.0 Å². The Labute approximate surface area is 124 Å². The summed E-state index contributed by atoms with van der Waals surface area (Å²) < 4.78 is 10.6. The van der Waals surface area contributed by atoms with Crippen LogP contribution in [-0.2, 0) is 16.1 Å². The summed E-state index contributed by atoms with van der Waals surface area (Å²) in [5, 5.41) is 12.7. The van der Waals surface area contributed by atoms with Crippen LogP contribution in [0.15, 0.2) is 24.3 Å². The molecule has 2 rings (SSSR count). The maximum absolute atomic E-state index is 11.2. The van der Waals surface area contributed by atoms with Crippen LogP contribution < -0.4 is 10.1 Å². The van der Waals surface area contributed by atoms with Gasteiger partial charge in [0.1, 0.15) is 5.75 Å². The summed E-state index contributed by atoms with van der Waals surface area (Å²) >= 11 is 0. The number of carbonyl (C=O) groups is 1. The molecule has 1 saturated heterocycles. The van der Waals surface area contributed by atoms with E-state index in [1.54, 1.807) is 7.11 Å². The number of benzene rings is 1. The summed E-state index contributed by atoms with van der Waals surface area (Å²) in [5.41, 5.74) is 1.03. The molecule has 1 fully saturated rings. The third-order valence-electron chi connectivity index (χ3n) is 3.32. The van der Waals surface area contributed by atoms with Gasteiger partial charge in [0.25, 0.3) is 0 Å². The van der Waals surface area contributed by atoms with E-state index in [-0.39, 0.29) is 12.5 Å². The lowest BCUT2D eigenvalue weighted by molar-refractivity contribution is -0.124. The van der Waals surface area contributed by atoms with Crippen molar-refractivity contribution in [3.63, 3.8) is 0 Å². The molecule has 1 atom stereocenters. The van der Waals surface area contributed by atoms with E-state index < -0.39 is 6.10 Å². The standard InChI is InChI=1S/C15H22N2O4/c1-20-14-4-2-12(3-5-14)10-21-11-13(18)8-17-7-6-16-15(19)9-17/h2-5,13,18H,6-11H2,1H3,(H,16,19)/t13-/m1/s1. The van der Waals surface area contributed by atoms with Crippen molar-refractivity contribution in [2.24, 2.45) is 0 Å². The largest absolute Gasteiger partial charge is 0.497 e. The number of ether oxygens (including phenoxy) is 2. The first kappa shape index (κ1) is 15.8. The summed E-state index contributed by atoms with van der Waals surface area (Å²) in [6, 6.07) is 7.61. The van der Waals surface area contributed by atoms with E-state index in [4.69, 9.17) is 9.47 Å². The van der Waals surface area contributed by atoms with Gasteiger partial charge in [0.15, 0.2) is 0 Å². The van der Waals surface area contributed by atoms with Crippen molar-refractivity contribution in [3.05, 3.63) is 29.8 Å². The number of β-amino-alcohol motifs (C(OH)–C–C–N with tert-alkyl or cyclic N) is 1. The Balaban J connectivity index is 1.66. The van der Waals surface area contributed by atoms with Gasteiger partial charge in [0, 0.05) is 19.6 Å². The maximum atomic E-state index is 11.2. The fourth-order valence-corrected chi connectivity index (χ4v) is 2.23. The zero-order valence-electron chi connectivity index (χ0n) is 12.2. The van der Waals surface area contributed by atoms with Crippen LogP contribution in [0.4, 0.5) is 0 Å². The Morgan fingerprint density at radius 3 is 2.81 bits per heavy atom. The van der Waals surface area contributed by atoms with Gasteiger partial charge in [0.2, 0.25) is 5.91 Å². The zero-order chi connectivity index (χ0) is 15.1. The van der Waals surface area contributed by atoms with Gasteiger partial charge < -0.3 is 19.9 Å². The molecule has 1 aromatic rings. The molecule has 0 radical (unpaired) electrons. The number of methoxy groups -OCH3 is 1. The summed E-state index contributed by atoms with van der Waals surface area (Å²) in [4.78, 5) is 13.2. The molecule has 0 saturated carbocycles. The van der Waals surface area contributed by atoms with E-state index >= 15 is 0 Å². The van der Waals surface area contributed by atoms with E-state index in [0.717, 1.165) is 17.9 Å². The maximum Gasteiger partial charge on any atom is 0.234 e. The molecule has 6 heteroatoms. The normalized spacial score (nSPS) is 17.3. The van der Waals surface area contributed by atoms with E-state index in [2.05, 4.69) is 5.32 Å². The fraction of sp³-hybridized carbons (Fsp3) is 0.533. The monoisotopic (exact) mass is 294 g/mol. The lowest BCUT2D eigenvalue weighted by atomic mass is 10.2. The minimum absolute atomic E-state index is 0.00704. The lowest BCUT2D eigenvalue weighted by Crippen LogP contribution is -2.50. The molecule has 2 N–H and O–H groups in total. The van der Waals surface area contributed by atoms with Crippen LogP contribution in [0.3, 0.4) is 0 Å². The SMILES string of the molecule is COc1ccc(COC[C@H](O)CN2CCNC(=O)C2)cc1. The molecule has 0 aliphatic carbocycles. The van der Waals surface area contributed by atoms with Gasteiger partial charge >= 0.3 is 0 Å². The Kier molecular flexibility index (Phi) is 5.98. The van der Waals surface area contributed by atoms with Crippen LogP contribution in [0.2, 0.25) is 0 Å². The van der Waals surface area contributed by atoms with Gasteiger partial charge in [-0.15, -0.1) is 0 Å². The van der Waals surface area contributed by atoms with Crippen LogP contribution in [0, 0.1) is 0 Å². The second kappa shape index (κ2) is 7.97. The van der Waals surface area contributed by atoms with Crippen LogP contribution in [0.5, 0.6) is 5.75 Å². The molecule has 6 nitrogen and oxygen atoms in total. The van der Waals surface area contributed by atoms with Crippen molar-refractivity contribution in [1.82, 2.24) is 10.2 Å². The molecule has 1 amide bonds. The molecule has 21 heavy (non-hydrogen) atoms. The highest BCUT2D eigenvalue weighted by Gasteiger charge is 2.18. The van der Waals surface area contributed by atoms with Crippen molar-refractivity contribution in [3.8, 4) is 5.75 Å². The fourth-order valence-electron chi connectivity index (χ4n) is 2.23. The van der Waals surface area contributed by atoms with Gasteiger partial charge in [0.05, 0.1) is 33.0 Å². The molecule has 0 spiro atoms. The molecule has 0 unspecified atom stereocenters. The van der Waals surface area contributed by atoms with Crippen LogP contribution in [0.25, 0.3) is 0 Å². The summed E-state index contributed by atoms with van der Waals surface area (Å²) in [7, 11) is 1.63. The van der Waals surface area contributed by atoms with E-state index in [1.165, 1.54) is 0 Å². The second-order valence-electron chi connectivity index (χ2n) is 5.10. The lowest BCUT2D eigenvalue weighted by Gasteiger charge is -2.28. The Morgan fingerprint density at radius 2 is 2.14 bits per heavy atom. The molecule has 116 valence electrons. The highest BCUT2D eigenvalue weighted by molar-refractivity contribution is 5.78. The average molecular weight is 294 g/mol. The van der Waals surface area contributed by atoms with Crippen molar-refractivity contribution in [2.45, 2.75) is 12.7 Å². The number of hydrogen-bond donors (Lipinski definition) is 2. The number of amides is 1. The van der Waals surface area contributed by atoms with Crippen LogP contribution in [-0.4, -0.2) is 61.9 Å². The van der Waals surface area contributed by atoms with Gasteiger partial charge in [-0.3, -0.25) is 9.69 Å². The minimum Gasteiger partial charge on any atom is -0.497 e. The average Bonchev–Trinajstić information content (AvgIpc) is 2.48. The van der Waals surface area contributed by atoms with Crippen molar-refractivity contribution in [1.29, 1.82) is 0 Å². The molecule has 1 aromatic carbocycles. The number of nitrogens with zero attached hydrogens (tertiary/aromatic N) is 1. The second-order valence-corrected chi connectivity index (χ2v) is 5.10. The Morgan fingerprint density at radius 1 is 1.38 bits per heavy atom. The number of aliphatic hydroxyl groups is 1. The molecule has 0 bridgehead atoms. The van der Waals surface area contributed by atoms with E-state index in [1.807, 2.05) is 29.2 Å². The smallest absolute Gasteiger partial charge is 0.234 e. The van der Waals surface area contributed by atoms with Crippen molar-refractivity contribution >= 4 is 5.91 Å². The number of nitrogens with one attached hydrogen (secondary N) is 1. The van der Waals surface area contributed by atoms with Crippen molar-refractivity contribution in [2.75, 3.05) is 39.9 Å². The zero-order valence-corrected chi connectivity index (χ0v) is 12.2. The van der Waals surface area contributed by atoms with E-state index in [9.17, 15) is 9.90 Å². The number of carbonyl (C=O) groups excluding carboxylic acids is 1. The summed E-state index contributed by atoms with van der Waals surface area (Å²) in [5.74, 6) is 0.815. The van der Waals surface area contributed by atoms with Gasteiger partial charge in [-0.2, -0.15) is 0 Å². The predicted octanol–water partition coefficient (Wildman–Crippen LogP) is 0.00450. The summed E-state index contributed by atoms with van der Waals surface area (Å²) in [6.07, 6.45) is -0.589. The van der Waals surface area contributed by atoms with Gasteiger partial charge in [-0.25, -0.2) is 0 Å². The first-order valence-corrected chi connectivity index (χ1v) is 7.05. The molecule has 1 aliphatic heterocycles. The van der Waals surface area contributed by atoms with Gasteiger partial charge in [-0.1, -0.05) is 12.1 Å². The first-order valence-electron chi connectivity index (χ1n) is 7.05. The first-order chi connectivity index (χ1) is 10.2. The number of piperazine rings is 1. The third kappa shape index (κ3) is 5.34. The highest BCUT2D eigenvalue weighted by Crippen LogP contribution is 2.12. The predicted molar refractivity (Wildman–Crippen MR) is 78.1 cm³/mol. The Hall–Kier alpha value is -1.63.